The maximum absolute atomic E-state index is 12.2. The van der Waals surface area contributed by atoms with Gasteiger partial charge >= 0.3 is 12.1 Å². The molecule has 4 rings (SSSR count). The number of nitrogens with zero attached hydrogens (tertiary/aromatic N) is 1. The molecule has 1 aromatic heterocycles. The summed E-state index contributed by atoms with van der Waals surface area (Å²) in [6.45, 7) is 7.78. The normalized spacial score (nSPS) is 27.8. The van der Waals surface area contributed by atoms with Crippen LogP contribution in [0.2, 0.25) is 0 Å². The molecule has 0 radical (unpaired) electrons. The maximum atomic E-state index is 12.2. The molecule has 3 fully saturated rings. The lowest BCUT2D eigenvalue weighted by molar-refractivity contribution is 0.0257. The van der Waals surface area contributed by atoms with Crippen LogP contribution in [0.4, 0.5) is 4.79 Å². The van der Waals surface area contributed by atoms with Gasteiger partial charge in [-0.15, -0.1) is 11.3 Å². The quantitative estimate of drug-likeness (QED) is 0.793. The number of carbonyl (C=O) groups is 2. The molecule has 0 spiro atoms. The van der Waals surface area contributed by atoms with Crippen molar-refractivity contribution < 1.29 is 19.1 Å². The Balaban J connectivity index is 1.66. The van der Waals surface area contributed by atoms with Crippen LogP contribution in [0.25, 0.3) is 0 Å². The zero-order valence-corrected chi connectivity index (χ0v) is 16.8. The van der Waals surface area contributed by atoms with E-state index in [4.69, 9.17) is 9.47 Å². The van der Waals surface area contributed by atoms with Crippen LogP contribution in [-0.2, 0) is 14.9 Å². The first-order chi connectivity index (χ1) is 12.2. The van der Waals surface area contributed by atoms with Gasteiger partial charge in [0.1, 0.15) is 5.60 Å². The number of thiazole rings is 1. The number of rotatable bonds is 4. The van der Waals surface area contributed by atoms with Gasteiger partial charge in [-0.1, -0.05) is 0 Å². The Morgan fingerprint density at radius 2 is 1.81 bits per heavy atom. The number of hydrogen-bond acceptors (Lipinski definition) is 6. The Morgan fingerprint density at radius 3 is 2.35 bits per heavy atom. The van der Waals surface area contributed by atoms with E-state index in [1.165, 1.54) is 0 Å². The average molecular weight is 381 g/mol. The molecule has 0 saturated heterocycles. The van der Waals surface area contributed by atoms with Gasteiger partial charge in [0.05, 0.1) is 11.6 Å². The highest BCUT2D eigenvalue weighted by Gasteiger charge is 2.51. The molecule has 1 N–H and O–H groups in total. The minimum absolute atomic E-state index is 0.0345. The largest absolute Gasteiger partial charge is 0.461 e. The Hall–Kier alpha value is -1.63. The van der Waals surface area contributed by atoms with Gasteiger partial charge in [0.25, 0.3) is 0 Å². The van der Waals surface area contributed by atoms with Crippen LogP contribution in [0.5, 0.6) is 0 Å². The van der Waals surface area contributed by atoms with Crippen molar-refractivity contribution in [1.82, 2.24) is 10.3 Å². The van der Waals surface area contributed by atoms with Gasteiger partial charge in [-0.3, -0.25) is 0 Å². The standard InChI is InChI=1S/C19H28N2O4S/c1-5-24-14(22)13-12-26-15(20-13)18-6-9-19(10-7-18,11-8-18)21-16(23)25-17(2,3)4/h12H,5-11H2,1-4H3,(H,21,23). The number of fused-ring (bicyclic) bond motifs is 3. The number of amides is 1. The zero-order chi connectivity index (χ0) is 19.0. The van der Waals surface area contributed by atoms with Crippen molar-refractivity contribution in [3.8, 4) is 0 Å². The van der Waals surface area contributed by atoms with Crippen molar-refractivity contribution in [1.29, 1.82) is 0 Å². The van der Waals surface area contributed by atoms with E-state index in [0.29, 0.717) is 12.3 Å². The van der Waals surface area contributed by atoms with E-state index in [2.05, 4.69) is 10.3 Å². The molecule has 6 nitrogen and oxygen atoms in total. The zero-order valence-electron chi connectivity index (χ0n) is 16.0. The van der Waals surface area contributed by atoms with Crippen molar-refractivity contribution in [2.24, 2.45) is 0 Å². The molecule has 1 heterocycles. The molecule has 26 heavy (non-hydrogen) atoms. The molecule has 2 bridgehead atoms. The lowest BCUT2D eigenvalue weighted by atomic mass is 9.57. The van der Waals surface area contributed by atoms with E-state index in [9.17, 15) is 9.59 Å². The third-order valence-electron chi connectivity index (χ3n) is 5.45. The van der Waals surface area contributed by atoms with Crippen LogP contribution in [0, 0.1) is 0 Å². The fourth-order valence-corrected chi connectivity index (χ4v) is 5.11. The van der Waals surface area contributed by atoms with Crippen molar-refractivity contribution in [2.45, 2.75) is 82.8 Å². The van der Waals surface area contributed by atoms with E-state index in [0.717, 1.165) is 43.5 Å². The fraction of sp³-hybridized carbons (Fsp3) is 0.737. The minimum atomic E-state index is -0.488. The molecule has 1 amide bonds. The van der Waals surface area contributed by atoms with Crippen LogP contribution in [0.3, 0.4) is 0 Å². The first-order valence-electron chi connectivity index (χ1n) is 9.31. The molecular formula is C19H28N2O4S. The van der Waals surface area contributed by atoms with Gasteiger partial charge in [-0.25, -0.2) is 14.6 Å². The first-order valence-corrected chi connectivity index (χ1v) is 10.2. The monoisotopic (exact) mass is 380 g/mol. The van der Waals surface area contributed by atoms with E-state index in [-0.39, 0.29) is 23.0 Å². The summed E-state index contributed by atoms with van der Waals surface area (Å²) in [5, 5.41) is 5.97. The number of aromatic nitrogens is 1. The smallest absolute Gasteiger partial charge is 0.408 e. The minimum Gasteiger partial charge on any atom is -0.461 e. The van der Waals surface area contributed by atoms with Gasteiger partial charge in [0.2, 0.25) is 0 Å². The summed E-state index contributed by atoms with van der Waals surface area (Å²) in [6.07, 6.45) is 5.34. The van der Waals surface area contributed by atoms with Gasteiger partial charge in [-0.2, -0.15) is 0 Å². The van der Waals surface area contributed by atoms with Gasteiger partial charge in [-0.05, 0) is 66.2 Å². The van der Waals surface area contributed by atoms with E-state index >= 15 is 0 Å². The van der Waals surface area contributed by atoms with Crippen LogP contribution in [-0.4, -0.2) is 34.8 Å². The number of alkyl carbamates (subject to hydrolysis) is 1. The van der Waals surface area contributed by atoms with Crippen LogP contribution in [0.15, 0.2) is 5.38 Å². The second-order valence-electron chi connectivity index (χ2n) is 8.45. The predicted molar refractivity (Wildman–Crippen MR) is 99.6 cm³/mol. The molecule has 0 atom stereocenters. The van der Waals surface area contributed by atoms with E-state index in [1.807, 2.05) is 20.8 Å². The van der Waals surface area contributed by atoms with Gasteiger partial charge < -0.3 is 14.8 Å². The summed E-state index contributed by atoms with van der Waals surface area (Å²) in [6, 6.07) is 0. The highest BCUT2D eigenvalue weighted by Crippen LogP contribution is 2.54. The van der Waals surface area contributed by atoms with E-state index < -0.39 is 5.60 Å². The van der Waals surface area contributed by atoms with Crippen molar-refractivity contribution in [3.63, 3.8) is 0 Å². The summed E-state index contributed by atoms with van der Waals surface area (Å²) in [4.78, 5) is 28.7. The molecule has 3 saturated carbocycles. The molecule has 0 aromatic carbocycles. The summed E-state index contributed by atoms with van der Waals surface area (Å²) in [5.74, 6) is -0.348. The SMILES string of the molecule is CCOC(=O)c1csc(C23CCC(NC(=O)OC(C)(C)C)(CC2)CC3)n1. The number of nitrogens with one attached hydrogen (secondary N) is 1. The number of carbonyl (C=O) groups excluding carboxylic acids is 2. The van der Waals surface area contributed by atoms with Crippen molar-refractivity contribution >= 4 is 23.4 Å². The molecule has 3 aliphatic carbocycles. The Kier molecular flexibility index (Phi) is 5.03. The highest BCUT2D eigenvalue weighted by molar-refractivity contribution is 7.10. The van der Waals surface area contributed by atoms with Gasteiger partial charge in [0.15, 0.2) is 5.69 Å². The fourth-order valence-electron chi connectivity index (χ4n) is 4.03. The molecule has 1 aromatic rings. The Morgan fingerprint density at radius 1 is 1.19 bits per heavy atom. The summed E-state index contributed by atoms with van der Waals surface area (Å²) >= 11 is 1.56. The van der Waals surface area contributed by atoms with Crippen LogP contribution < -0.4 is 5.32 Å². The molecule has 0 aliphatic heterocycles. The van der Waals surface area contributed by atoms with E-state index in [1.54, 1.807) is 23.6 Å². The third-order valence-corrected chi connectivity index (χ3v) is 6.54. The molecule has 3 aliphatic rings. The summed E-state index contributed by atoms with van der Waals surface area (Å²) < 4.78 is 10.5. The van der Waals surface area contributed by atoms with Crippen molar-refractivity contribution in [3.05, 3.63) is 16.1 Å². The Bertz CT molecular complexity index is 667. The van der Waals surface area contributed by atoms with Crippen LogP contribution in [0.1, 0.15) is 81.7 Å². The average Bonchev–Trinajstić information content (AvgIpc) is 3.05. The molecule has 7 heteroatoms. The topological polar surface area (TPSA) is 77.5 Å². The molecule has 0 unspecified atom stereocenters. The molecular weight excluding hydrogens is 352 g/mol. The molecule has 144 valence electrons. The number of hydrogen-bond donors (Lipinski definition) is 1. The van der Waals surface area contributed by atoms with Crippen molar-refractivity contribution in [2.75, 3.05) is 6.61 Å². The second kappa shape index (κ2) is 6.83. The highest BCUT2D eigenvalue weighted by atomic mass is 32.1. The number of ether oxygens (including phenoxy) is 2. The third kappa shape index (κ3) is 3.87. The lowest BCUT2D eigenvalue weighted by Crippen LogP contribution is -2.58. The lowest BCUT2D eigenvalue weighted by Gasteiger charge is -2.52. The number of esters is 1. The predicted octanol–water partition coefficient (Wildman–Crippen LogP) is 4.19. The first kappa shape index (κ1) is 19.1. The van der Waals surface area contributed by atoms with Crippen LogP contribution >= 0.6 is 11.3 Å². The maximum Gasteiger partial charge on any atom is 0.408 e. The summed E-state index contributed by atoms with van der Waals surface area (Å²) in [7, 11) is 0. The second-order valence-corrected chi connectivity index (χ2v) is 9.30. The Labute approximate surface area is 158 Å². The van der Waals surface area contributed by atoms with Gasteiger partial charge in [0, 0.05) is 16.3 Å². The summed E-state index contributed by atoms with van der Waals surface area (Å²) in [5.41, 5.74) is -0.202.